The fraction of sp³-hybridized carbons (Fsp3) is 0. The van der Waals surface area contributed by atoms with E-state index in [4.69, 9.17) is 5.11 Å². The summed E-state index contributed by atoms with van der Waals surface area (Å²) in [5.74, 6) is -1.98. The third-order valence-electron chi connectivity index (χ3n) is 2.00. The molecule has 0 aliphatic carbocycles. The van der Waals surface area contributed by atoms with Crippen LogP contribution >= 0.6 is 15.9 Å². The Morgan fingerprint density at radius 3 is 2.11 bits per heavy atom. The van der Waals surface area contributed by atoms with E-state index in [1.165, 1.54) is 15.8 Å². The molecule has 0 bridgehead atoms. The van der Waals surface area contributed by atoms with Crippen LogP contribution in [-0.4, -0.2) is 32.8 Å². The van der Waals surface area contributed by atoms with Crippen molar-refractivity contribution in [3.05, 3.63) is 64.4 Å². The van der Waals surface area contributed by atoms with Gasteiger partial charge < -0.3 is 22.1 Å². The zero-order chi connectivity index (χ0) is 13.5. The summed E-state index contributed by atoms with van der Waals surface area (Å²) in [6.45, 7) is 0. The zero-order valence-corrected chi connectivity index (χ0v) is 14.4. The molecule has 0 atom stereocenters. The van der Waals surface area contributed by atoms with Gasteiger partial charge in [-0.25, -0.2) is 9.18 Å². The first kappa shape index (κ1) is 18.6. The van der Waals surface area contributed by atoms with Gasteiger partial charge in [-0.2, -0.15) is 0 Å². The van der Waals surface area contributed by atoms with E-state index in [1.54, 1.807) is 0 Å². The van der Waals surface area contributed by atoms with E-state index in [0.29, 0.717) is 4.47 Å². The van der Waals surface area contributed by atoms with Crippen molar-refractivity contribution in [1.29, 1.82) is 0 Å². The van der Waals surface area contributed by atoms with Gasteiger partial charge in [-0.3, -0.25) is 0 Å². The molecule has 2 rings (SSSR count). The van der Waals surface area contributed by atoms with Gasteiger partial charge in [0.05, 0.1) is 5.56 Å². The van der Waals surface area contributed by atoms with Crippen molar-refractivity contribution in [2.24, 2.45) is 0 Å². The minimum absolute atomic E-state index is 0. The average Bonchev–Trinajstić information content (AvgIpc) is 2.30. The normalized spacial score (nSPS) is 8.84. The molecule has 0 heterocycles. The van der Waals surface area contributed by atoms with Gasteiger partial charge in [-0.05, 0) is 18.2 Å². The van der Waals surface area contributed by atoms with Crippen LogP contribution in [0.2, 0.25) is 0 Å². The van der Waals surface area contributed by atoms with Crippen LogP contribution in [0.5, 0.6) is 0 Å². The number of hydrogen-bond acceptors (Lipinski definition) is 1. The Morgan fingerprint density at radius 2 is 1.74 bits per heavy atom. The van der Waals surface area contributed by atoms with Crippen molar-refractivity contribution in [1.82, 2.24) is 0 Å². The molecule has 0 saturated heterocycles. The van der Waals surface area contributed by atoms with Crippen molar-refractivity contribution in [2.75, 3.05) is 0 Å². The van der Waals surface area contributed by atoms with E-state index in [2.05, 4.69) is 28.1 Å². The third kappa shape index (κ3) is 7.05. The van der Waals surface area contributed by atoms with Crippen LogP contribution in [0.3, 0.4) is 0 Å². The Hall–Kier alpha value is -0.434. The van der Waals surface area contributed by atoms with Gasteiger partial charge >= 0.3 is 61.7 Å². The fourth-order valence-electron chi connectivity index (χ4n) is 1.14. The second kappa shape index (κ2) is 9.47. The number of benzene rings is 2. The standard InChI is InChI=1S/C7H4BrFO2.C6H5.BrH.Mg/c8-4-1-2-5(7(10)11)6(9)3-4;1-2-4-6-5-3-1;;/h1-3H,(H,10,11);1-5H;1H;/q;;;+1/p-1. The second-order valence-corrected chi connectivity index (χ2v) is 5.15. The molecule has 0 saturated carbocycles. The molecule has 2 aromatic rings. The summed E-state index contributed by atoms with van der Waals surface area (Å²) in [7, 11) is 0. The summed E-state index contributed by atoms with van der Waals surface area (Å²) in [5, 5.41) is 8.40. The summed E-state index contributed by atoms with van der Waals surface area (Å²) in [6, 6.07) is 14.1. The molecule has 1 N–H and O–H groups in total. The van der Waals surface area contributed by atoms with Gasteiger partial charge in [0.2, 0.25) is 0 Å². The summed E-state index contributed by atoms with van der Waals surface area (Å²) in [5.41, 5.74) is -0.312. The van der Waals surface area contributed by atoms with Crippen molar-refractivity contribution < 1.29 is 31.3 Å². The third-order valence-corrected chi connectivity index (χ3v) is 2.97. The molecule has 0 aliphatic heterocycles. The fourth-order valence-corrected chi connectivity index (χ4v) is 1.75. The summed E-state index contributed by atoms with van der Waals surface area (Å²) in [4.78, 5) is 10.3. The molecule has 0 aromatic heterocycles. The quantitative estimate of drug-likeness (QED) is 0.672. The Labute approximate surface area is 142 Å². The topological polar surface area (TPSA) is 37.3 Å². The number of carboxylic acids is 1. The molecule has 2 aromatic carbocycles. The zero-order valence-electron chi connectivity index (χ0n) is 9.82. The predicted octanol–water partition coefficient (Wildman–Crippen LogP) is -0.229. The molecular formula is C13H9Br2FMgO2. The summed E-state index contributed by atoms with van der Waals surface area (Å²) >= 11 is 4.91. The number of halogens is 3. The number of hydrogen-bond donors (Lipinski definition) is 1. The van der Waals surface area contributed by atoms with Crippen LogP contribution in [0.4, 0.5) is 4.39 Å². The molecule has 0 unspecified atom stereocenters. The van der Waals surface area contributed by atoms with E-state index in [0.717, 1.165) is 6.07 Å². The first-order valence-electron chi connectivity index (χ1n) is 5.06. The van der Waals surface area contributed by atoms with E-state index in [1.807, 2.05) is 39.9 Å². The monoisotopic (exact) mass is 398 g/mol. The summed E-state index contributed by atoms with van der Waals surface area (Å²) in [6.07, 6.45) is 0. The summed E-state index contributed by atoms with van der Waals surface area (Å²) < 4.78 is 14.6. The van der Waals surface area contributed by atoms with Crippen LogP contribution in [0.25, 0.3) is 0 Å². The Kier molecular flexibility index (Phi) is 9.25. The average molecular weight is 400 g/mol. The van der Waals surface area contributed by atoms with Crippen LogP contribution in [0.15, 0.2) is 53.0 Å². The minimum atomic E-state index is -1.25. The van der Waals surface area contributed by atoms with Crippen LogP contribution in [0, 0.1) is 5.82 Å². The van der Waals surface area contributed by atoms with E-state index >= 15 is 0 Å². The van der Waals surface area contributed by atoms with Crippen LogP contribution < -0.4 is 20.7 Å². The first-order chi connectivity index (χ1) is 8.50. The second-order valence-electron chi connectivity index (χ2n) is 3.41. The Bertz CT molecular complexity index is 535. The predicted molar refractivity (Wildman–Crippen MR) is 72.9 cm³/mol. The van der Waals surface area contributed by atoms with Crippen molar-refractivity contribution in [3.63, 3.8) is 0 Å². The van der Waals surface area contributed by atoms with Gasteiger partial charge in [0.1, 0.15) is 5.82 Å². The molecular weight excluding hydrogens is 391 g/mol. The van der Waals surface area contributed by atoms with Gasteiger partial charge in [-0.1, -0.05) is 15.9 Å². The van der Waals surface area contributed by atoms with E-state index in [-0.39, 0.29) is 22.5 Å². The SMILES string of the molecule is O=C(O)c1ccc(Br)cc1F.[Br-].[Mg+][c]1ccccc1. The van der Waals surface area contributed by atoms with Gasteiger partial charge in [-0.15, -0.1) is 0 Å². The Morgan fingerprint density at radius 1 is 1.16 bits per heavy atom. The molecule has 2 nitrogen and oxygen atoms in total. The molecule has 0 fully saturated rings. The maximum absolute atomic E-state index is 12.7. The number of carboxylic acid groups (broad SMARTS) is 1. The molecule has 96 valence electrons. The molecule has 0 amide bonds. The molecule has 0 spiro atoms. The van der Waals surface area contributed by atoms with Crippen molar-refractivity contribution in [2.45, 2.75) is 0 Å². The van der Waals surface area contributed by atoms with E-state index in [9.17, 15) is 9.18 Å². The molecule has 0 aliphatic rings. The number of rotatable bonds is 1. The maximum atomic E-state index is 12.7. The van der Waals surface area contributed by atoms with Gasteiger partial charge in [0.15, 0.2) is 0 Å². The molecule has 19 heavy (non-hydrogen) atoms. The van der Waals surface area contributed by atoms with Crippen LogP contribution in [0.1, 0.15) is 10.4 Å². The van der Waals surface area contributed by atoms with Crippen molar-refractivity contribution >= 4 is 47.3 Å². The van der Waals surface area contributed by atoms with Gasteiger partial charge in [0, 0.05) is 4.47 Å². The number of aromatic carboxylic acids is 1. The van der Waals surface area contributed by atoms with Crippen molar-refractivity contribution in [3.8, 4) is 0 Å². The Balaban J connectivity index is 0.000000352. The van der Waals surface area contributed by atoms with Gasteiger partial charge in [0.25, 0.3) is 0 Å². The molecule has 6 heteroatoms. The molecule has 0 radical (unpaired) electrons. The van der Waals surface area contributed by atoms with E-state index < -0.39 is 11.8 Å². The first-order valence-corrected chi connectivity index (χ1v) is 6.56. The number of carbonyl (C=O) groups is 1. The van der Waals surface area contributed by atoms with Crippen LogP contribution in [-0.2, 0) is 0 Å².